The molecule has 4 rings (SSSR count). The number of hydrogen-bond donors (Lipinski definition) is 0. The molecule has 1 unspecified atom stereocenters. The smallest absolute Gasteiger partial charge is 0.163 e. The van der Waals surface area contributed by atoms with Gasteiger partial charge in [-0.2, -0.15) is 5.26 Å². The van der Waals surface area contributed by atoms with Gasteiger partial charge in [0.2, 0.25) is 0 Å². The Morgan fingerprint density at radius 2 is 2.11 bits per heavy atom. The lowest BCUT2D eigenvalue weighted by atomic mass is 10.1. The minimum Gasteiger partial charge on any atom is -0.381 e. The number of fused-ring (bicyclic) bond motifs is 1. The van der Waals surface area contributed by atoms with Crippen molar-refractivity contribution in [3.05, 3.63) is 48.8 Å². The van der Waals surface area contributed by atoms with E-state index in [9.17, 15) is 0 Å². The van der Waals surface area contributed by atoms with E-state index < -0.39 is 0 Å². The quantitative estimate of drug-likeness (QED) is 0.671. The van der Waals surface area contributed by atoms with Gasteiger partial charge in [-0.15, -0.1) is 0 Å². The van der Waals surface area contributed by atoms with Crippen molar-refractivity contribution in [2.45, 2.75) is 12.8 Å². The first-order valence-corrected chi connectivity index (χ1v) is 9.22. The van der Waals surface area contributed by atoms with Crippen LogP contribution < -0.4 is 4.90 Å². The van der Waals surface area contributed by atoms with Gasteiger partial charge in [-0.1, -0.05) is 12.1 Å². The number of aromatic nitrogens is 3. The molecule has 0 spiro atoms. The minimum absolute atomic E-state index is 0.453. The van der Waals surface area contributed by atoms with Gasteiger partial charge in [0.05, 0.1) is 24.6 Å². The SMILES string of the molecule is N#CCCN(CC1CCOC1)c1nc(-c2cccnc2)nc2ccccc12. The predicted octanol–water partition coefficient (Wildman–Crippen LogP) is 3.45. The Kier molecular flexibility index (Phi) is 5.22. The molecule has 1 atom stereocenters. The molecule has 0 bridgehead atoms. The van der Waals surface area contributed by atoms with E-state index in [1.807, 2.05) is 36.4 Å². The van der Waals surface area contributed by atoms with Crippen molar-refractivity contribution in [3.63, 3.8) is 0 Å². The molecule has 2 aromatic heterocycles. The average Bonchev–Trinajstić information content (AvgIpc) is 3.24. The molecule has 1 aromatic carbocycles. The van der Waals surface area contributed by atoms with Gasteiger partial charge in [-0.05, 0) is 30.7 Å². The first kappa shape index (κ1) is 17.4. The van der Waals surface area contributed by atoms with Gasteiger partial charge >= 0.3 is 0 Å². The highest BCUT2D eigenvalue weighted by Crippen LogP contribution is 2.29. The van der Waals surface area contributed by atoms with Gasteiger partial charge in [0.25, 0.3) is 0 Å². The highest BCUT2D eigenvalue weighted by molar-refractivity contribution is 5.91. The third-order valence-corrected chi connectivity index (χ3v) is 4.80. The molecular weight excluding hydrogens is 338 g/mol. The maximum Gasteiger partial charge on any atom is 0.163 e. The molecular formula is C21H21N5O. The largest absolute Gasteiger partial charge is 0.381 e. The van der Waals surface area contributed by atoms with Gasteiger partial charge in [0.15, 0.2) is 5.82 Å². The number of nitrogens with zero attached hydrogens (tertiary/aromatic N) is 5. The summed E-state index contributed by atoms with van der Waals surface area (Å²) in [4.78, 5) is 16.0. The maximum absolute atomic E-state index is 9.13. The van der Waals surface area contributed by atoms with Crippen molar-refractivity contribution < 1.29 is 4.74 Å². The summed E-state index contributed by atoms with van der Waals surface area (Å²) in [6, 6.07) is 14.1. The Hall–Kier alpha value is -3.04. The Morgan fingerprint density at radius 1 is 1.19 bits per heavy atom. The molecule has 0 saturated carbocycles. The molecule has 6 nitrogen and oxygen atoms in total. The number of rotatable bonds is 6. The number of ether oxygens (including phenoxy) is 1. The fourth-order valence-electron chi connectivity index (χ4n) is 3.43. The Labute approximate surface area is 158 Å². The summed E-state index contributed by atoms with van der Waals surface area (Å²) in [5.74, 6) is 1.99. The maximum atomic E-state index is 9.13. The molecule has 0 N–H and O–H groups in total. The van der Waals surface area contributed by atoms with E-state index in [-0.39, 0.29) is 0 Å². The standard InChI is InChI=1S/C21H21N5O/c22-9-4-11-26(14-16-8-12-27-15-16)21-18-6-1-2-7-19(18)24-20(25-21)17-5-3-10-23-13-17/h1-3,5-7,10,13,16H,4,8,11-12,14-15H2. The fourth-order valence-corrected chi connectivity index (χ4v) is 3.43. The number of anilines is 1. The van der Waals surface area contributed by atoms with E-state index in [1.54, 1.807) is 12.4 Å². The van der Waals surface area contributed by atoms with Crippen LogP contribution in [0.5, 0.6) is 0 Å². The van der Waals surface area contributed by atoms with Crippen LogP contribution in [-0.4, -0.2) is 41.3 Å². The molecule has 6 heteroatoms. The van der Waals surface area contributed by atoms with Crippen molar-refractivity contribution in [1.29, 1.82) is 5.26 Å². The van der Waals surface area contributed by atoms with Crippen LogP contribution in [0.3, 0.4) is 0 Å². The second-order valence-corrected chi connectivity index (χ2v) is 6.71. The molecule has 0 amide bonds. The van der Waals surface area contributed by atoms with Crippen LogP contribution in [0.15, 0.2) is 48.8 Å². The Balaban J connectivity index is 1.79. The summed E-state index contributed by atoms with van der Waals surface area (Å²) in [5, 5.41) is 10.1. The lowest BCUT2D eigenvalue weighted by Crippen LogP contribution is -2.31. The normalized spacial score (nSPS) is 16.3. The van der Waals surface area contributed by atoms with Crippen LogP contribution in [0.4, 0.5) is 5.82 Å². The first-order valence-electron chi connectivity index (χ1n) is 9.22. The average molecular weight is 359 g/mol. The van der Waals surface area contributed by atoms with E-state index in [0.717, 1.165) is 48.5 Å². The molecule has 1 aliphatic heterocycles. The molecule has 136 valence electrons. The van der Waals surface area contributed by atoms with Crippen LogP contribution in [0, 0.1) is 17.2 Å². The summed E-state index contributed by atoms with van der Waals surface area (Å²) in [7, 11) is 0. The first-order chi connectivity index (χ1) is 13.3. The molecule has 1 aliphatic rings. The molecule has 0 aliphatic carbocycles. The zero-order valence-corrected chi connectivity index (χ0v) is 15.1. The van der Waals surface area contributed by atoms with E-state index in [2.05, 4.69) is 16.0 Å². The summed E-state index contributed by atoms with van der Waals surface area (Å²) in [6.45, 7) is 3.04. The molecule has 27 heavy (non-hydrogen) atoms. The monoisotopic (exact) mass is 359 g/mol. The third kappa shape index (κ3) is 3.88. The fraction of sp³-hybridized carbons (Fsp3) is 0.333. The summed E-state index contributed by atoms with van der Waals surface area (Å²) < 4.78 is 5.55. The number of para-hydroxylation sites is 1. The number of benzene rings is 1. The van der Waals surface area contributed by atoms with Crippen LogP contribution in [0.1, 0.15) is 12.8 Å². The summed E-state index contributed by atoms with van der Waals surface area (Å²) >= 11 is 0. The van der Waals surface area contributed by atoms with Gasteiger partial charge < -0.3 is 9.64 Å². The van der Waals surface area contributed by atoms with Crippen LogP contribution in [-0.2, 0) is 4.74 Å². The highest BCUT2D eigenvalue weighted by Gasteiger charge is 2.22. The van der Waals surface area contributed by atoms with Crippen LogP contribution >= 0.6 is 0 Å². The molecule has 3 heterocycles. The second-order valence-electron chi connectivity index (χ2n) is 6.71. The third-order valence-electron chi connectivity index (χ3n) is 4.80. The number of pyridine rings is 1. The zero-order valence-electron chi connectivity index (χ0n) is 15.1. The molecule has 1 fully saturated rings. The Bertz CT molecular complexity index is 948. The van der Waals surface area contributed by atoms with Gasteiger partial charge in [0.1, 0.15) is 5.82 Å². The summed E-state index contributed by atoms with van der Waals surface area (Å²) in [5.41, 5.74) is 1.78. The van der Waals surface area contributed by atoms with Gasteiger partial charge in [-0.3, -0.25) is 4.98 Å². The van der Waals surface area contributed by atoms with Crippen LogP contribution in [0.2, 0.25) is 0 Å². The number of hydrogen-bond acceptors (Lipinski definition) is 6. The van der Waals surface area contributed by atoms with E-state index in [0.29, 0.717) is 24.7 Å². The lowest BCUT2D eigenvalue weighted by molar-refractivity contribution is 0.186. The van der Waals surface area contributed by atoms with Crippen molar-refractivity contribution in [1.82, 2.24) is 15.0 Å². The zero-order chi connectivity index (χ0) is 18.5. The topological polar surface area (TPSA) is 74.9 Å². The van der Waals surface area contributed by atoms with E-state index in [4.69, 9.17) is 20.0 Å². The van der Waals surface area contributed by atoms with Crippen molar-refractivity contribution >= 4 is 16.7 Å². The molecule has 1 saturated heterocycles. The summed E-state index contributed by atoms with van der Waals surface area (Å²) in [6.07, 6.45) is 5.01. The van der Waals surface area contributed by atoms with E-state index >= 15 is 0 Å². The van der Waals surface area contributed by atoms with Crippen molar-refractivity contribution in [2.24, 2.45) is 5.92 Å². The van der Waals surface area contributed by atoms with Crippen molar-refractivity contribution in [2.75, 3.05) is 31.2 Å². The van der Waals surface area contributed by atoms with E-state index in [1.165, 1.54) is 0 Å². The predicted molar refractivity (Wildman–Crippen MR) is 104 cm³/mol. The minimum atomic E-state index is 0.453. The second kappa shape index (κ2) is 8.11. The lowest BCUT2D eigenvalue weighted by Gasteiger charge is -2.27. The van der Waals surface area contributed by atoms with Crippen LogP contribution in [0.25, 0.3) is 22.3 Å². The van der Waals surface area contributed by atoms with Gasteiger partial charge in [-0.25, -0.2) is 9.97 Å². The molecule has 3 aromatic rings. The number of nitriles is 1. The Morgan fingerprint density at radius 3 is 2.89 bits per heavy atom. The molecule has 0 radical (unpaired) electrons. The van der Waals surface area contributed by atoms with Crippen molar-refractivity contribution in [3.8, 4) is 17.5 Å². The van der Waals surface area contributed by atoms with Gasteiger partial charge in [0, 0.05) is 49.0 Å². The highest BCUT2D eigenvalue weighted by atomic mass is 16.5.